The van der Waals surface area contributed by atoms with Gasteiger partial charge in [-0.25, -0.2) is 15.0 Å². The Labute approximate surface area is 110 Å². The molecule has 0 aliphatic rings. The van der Waals surface area contributed by atoms with E-state index < -0.39 is 0 Å². The predicted octanol–water partition coefficient (Wildman–Crippen LogP) is 2.21. The number of fused-ring (bicyclic) bond motifs is 1. The molecule has 0 aliphatic carbocycles. The molecule has 5 heteroatoms. The van der Waals surface area contributed by atoms with E-state index in [0.717, 1.165) is 22.3 Å². The summed E-state index contributed by atoms with van der Waals surface area (Å²) in [5.41, 5.74) is 4.04. The molecule has 0 saturated carbocycles. The number of imidazole rings is 1. The largest absolute Gasteiger partial charge is 0.334 e. The average molecular weight is 249 g/mol. The van der Waals surface area contributed by atoms with Gasteiger partial charge in [0, 0.05) is 18.7 Å². The fraction of sp³-hybridized carbons (Fsp3) is 0.143. The van der Waals surface area contributed by atoms with Gasteiger partial charge < -0.3 is 4.57 Å². The van der Waals surface area contributed by atoms with E-state index in [1.54, 1.807) is 19.3 Å². The van der Waals surface area contributed by atoms with E-state index in [4.69, 9.17) is 5.26 Å². The van der Waals surface area contributed by atoms with Gasteiger partial charge in [0.2, 0.25) is 0 Å². The summed E-state index contributed by atoms with van der Waals surface area (Å²) in [6.45, 7) is 1.78. The van der Waals surface area contributed by atoms with Crippen molar-refractivity contribution in [3.63, 3.8) is 0 Å². The van der Waals surface area contributed by atoms with Gasteiger partial charge >= 0.3 is 0 Å². The lowest BCUT2D eigenvalue weighted by atomic mass is 10.1. The van der Waals surface area contributed by atoms with Gasteiger partial charge in [0.25, 0.3) is 0 Å². The SMILES string of the molecule is Cc1nc(C#N)cc(-c2ccc3c(c2)ncn3C)n1. The average Bonchev–Trinajstić information content (AvgIpc) is 2.79. The van der Waals surface area contributed by atoms with E-state index in [9.17, 15) is 0 Å². The molecule has 3 rings (SSSR count). The van der Waals surface area contributed by atoms with Gasteiger partial charge in [-0.15, -0.1) is 0 Å². The first-order chi connectivity index (χ1) is 9.17. The van der Waals surface area contributed by atoms with Crippen LogP contribution in [-0.4, -0.2) is 19.5 Å². The second kappa shape index (κ2) is 4.18. The fourth-order valence-corrected chi connectivity index (χ4v) is 2.07. The second-order valence-electron chi connectivity index (χ2n) is 4.36. The van der Waals surface area contributed by atoms with Crippen LogP contribution in [0.25, 0.3) is 22.3 Å². The molecule has 3 aromatic rings. The van der Waals surface area contributed by atoms with E-state index in [1.807, 2.05) is 35.9 Å². The summed E-state index contributed by atoms with van der Waals surface area (Å²) in [6.07, 6.45) is 1.78. The summed E-state index contributed by atoms with van der Waals surface area (Å²) in [4.78, 5) is 12.7. The molecule has 0 saturated heterocycles. The highest BCUT2D eigenvalue weighted by atomic mass is 15.0. The van der Waals surface area contributed by atoms with Gasteiger partial charge in [-0.2, -0.15) is 5.26 Å². The quantitative estimate of drug-likeness (QED) is 0.663. The van der Waals surface area contributed by atoms with Crippen LogP contribution in [0.4, 0.5) is 0 Å². The monoisotopic (exact) mass is 249 g/mol. The molecule has 0 atom stereocenters. The van der Waals surface area contributed by atoms with Crippen molar-refractivity contribution in [2.75, 3.05) is 0 Å². The number of benzene rings is 1. The van der Waals surface area contributed by atoms with Gasteiger partial charge in [-0.05, 0) is 19.1 Å². The molecule has 1 aromatic carbocycles. The lowest BCUT2D eigenvalue weighted by molar-refractivity contribution is 0.947. The van der Waals surface area contributed by atoms with Gasteiger partial charge in [0.1, 0.15) is 17.6 Å². The lowest BCUT2D eigenvalue weighted by Crippen LogP contribution is -1.94. The number of nitrogens with zero attached hydrogens (tertiary/aromatic N) is 5. The Kier molecular flexibility index (Phi) is 2.50. The Balaban J connectivity index is 2.19. The minimum absolute atomic E-state index is 0.378. The van der Waals surface area contributed by atoms with Gasteiger partial charge in [0.05, 0.1) is 23.1 Å². The Morgan fingerprint density at radius 3 is 2.84 bits per heavy atom. The topological polar surface area (TPSA) is 67.4 Å². The number of aromatic nitrogens is 4. The molecule has 2 heterocycles. The Morgan fingerprint density at radius 1 is 1.21 bits per heavy atom. The predicted molar refractivity (Wildman–Crippen MR) is 71.2 cm³/mol. The normalized spacial score (nSPS) is 10.6. The van der Waals surface area contributed by atoms with Crippen molar-refractivity contribution in [1.82, 2.24) is 19.5 Å². The molecule has 5 nitrogen and oxygen atoms in total. The summed E-state index contributed by atoms with van der Waals surface area (Å²) >= 11 is 0. The molecule has 0 radical (unpaired) electrons. The van der Waals surface area contributed by atoms with Crippen molar-refractivity contribution in [3.05, 3.63) is 42.1 Å². The Bertz CT molecular complexity index is 810. The summed E-state index contributed by atoms with van der Waals surface area (Å²) in [5, 5.41) is 8.95. The third kappa shape index (κ3) is 1.93. The Morgan fingerprint density at radius 2 is 2.05 bits per heavy atom. The second-order valence-corrected chi connectivity index (χ2v) is 4.36. The van der Waals surface area contributed by atoms with Crippen molar-refractivity contribution in [3.8, 4) is 17.3 Å². The molecule has 19 heavy (non-hydrogen) atoms. The van der Waals surface area contributed by atoms with E-state index in [-0.39, 0.29) is 0 Å². The molecule has 0 spiro atoms. The van der Waals surface area contributed by atoms with Crippen LogP contribution < -0.4 is 0 Å². The molecular formula is C14H11N5. The number of aryl methyl sites for hydroxylation is 2. The maximum atomic E-state index is 8.95. The van der Waals surface area contributed by atoms with Crippen molar-refractivity contribution < 1.29 is 0 Å². The van der Waals surface area contributed by atoms with Crippen molar-refractivity contribution in [1.29, 1.82) is 5.26 Å². The highest BCUT2D eigenvalue weighted by Crippen LogP contribution is 2.22. The molecule has 0 unspecified atom stereocenters. The lowest BCUT2D eigenvalue weighted by Gasteiger charge is -2.03. The van der Waals surface area contributed by atoms with Crippen LogP contribution in [0.15, 0.2) is 30.6 Å². The highest BCUT2D eigenvalue weighted by Gasteiger charge is 2.07. The number of nitriles is 1. The van der Waals surface area contributed by atoms with E-state index in [0.29, 0.717) is 11.5 Å². The van der Waals surface area contributed by atoms with Crippen molar-refractivity contribution in [2.24, 2.45) is 7.05 Å². The summed E-state index contributed by atoms with van der Waals surface area (Å²) in [6, 6.07) is 9.69. The van der Waals surface area contributed by atoms with E-state index in [1.165, 1.54) is 0 Å². The van der Waals surface area contributed by atoms with Crippen LogP contribution in [-0.2, 0) is 7.05 Å². The highest BCUT2D eigenvalue weighted by molar-refractivity contribution is 5.81. The molecular weight excluding hydrogens is 238 g/mol. The zero-order valence-corrected chi connectivity index (χ0v) is 10.6. The Hall–Kier alpha value is -2.74. The van der Waals surface area contributed by atoms with Crippen molar-refractivity contribution >= 4 is 11.0 Å². The van der Waals surface area contributed by atoms with Gasteiger partial charge in [-0.1, -0.05) is 6.07 Å². The van der Waals surface area contributed by atoms with E-state index in [2.05, 4.69) is 15.0 Å². The molecule has 0 bridgehead atoms. The smallest absolute Gasteiger partial charge is 0.144 e. The fourth-order valence-electron chi connectivity index (χ4n) is 2.07. The van der Waals surface area contributed by atoms with Gasteiger partial charge in [-0.3, -0.25) is 0 Å². The van der Waals surface area contributed by atoms with Crippen molar-refractivity contribution in [2.45, 2.75) is 6.92 Å². The number of hydrogen-bond donors (Lipinski definition) is 0. The standard InChI is InChI=1S/C14H11N5/c1-9-17-11(7-15)6-12(18-9)10-3-4-14-13(5-10)16-8-19(14)2/h3-6,8H,1-2H3. The maximum absolute atomic E-state index is 8.95. The molecule has 2 aromatic heterocycles. The van der Waals surface area contributed by atoms with Crippen LogP contribution in [0, 0.1) is 18.3 Å². The van der Waals surface area contributed by atoms with Gasteiger partial charge in [0.15, 0.2) is 0 Å². The van der Waals surface area contributed by atoms with E-state index >= 15 is 0 Å². The summed E-state index contributed by atoms with van der Waals surface area (Å²) in [5.74, 6) is 0.593. The number of rotatable bonds is 1. The zero-order chi connectivity index (χ0) is 13.4. The maximum Gasteiger partial charge on any atom is 0.144 e. The molecule has 0 amide bonds. The van der Waals surface area contributed by atoms with Crippen LogP contribution >= 0.6 is 0 Å². The molecule has 92 valence electrons. The first-order valence-electron chi connectivity index (χ1n) is 5.84. The first-order valence-corrected chi connectivity index (χ1v) is 5.84. The third-order valence-electron chi connectivity index (χ3n) is 2.97. The minimum Gasteiger partial charge on any atom is -0.334 e. The zero-order valence-electron chi connectivity index (χ0n) is 10.6. The molecule has 0 aliphatic heterocycles. The molecule has 0 N–H and O–H groups in total. The van der Waals surface area contributed by atoms with Crippen LogP contribution in [0.5, 0.6) is 0 Å². The third-order valence-corrected chi connectivity index (χ3v) is 2.97. The minimum atomic E-state index is 0.378. The number of hydrogen-bond acceptors (Lipinski definition) is 4. The summed E-state index contributed by atoms with van der Waals surface area (Å²) < 4.78 is 1.96. The van der Waals surface area contributed by atoms with Crippen LogP contribution in [0.2, 0.25) is 0 Å². The molecule has 0 fully saturated rings. The summed E-state index contributed by atoms with van der Waals surface area (Å²) in [7, 11) is 1.96. The van der Waals surface area contributed by atoms with Crippen LogP contribution in [0.3, 0.4) is 0 Å². The van der Waals surface area contributed by atoms with Crippen LogP contribution in [0.1, 0.15) is 11.5 Å². The first kappa shape index (κ1) is 11.4.